The van der Waals surface area contributed by atoms with E-state index in [0.717, 1.165) is 13.0 Å². The van der Waals surface area contributed by atoms with Gasteiger partial charge in [0.15, 0.2) is 0 Å². The van der Waals surface area contributed by atoms with Crippen molar-refractivity contribution in [2.45, 2.75) is 58.3 Å². The van der Waals surface area contributed by atoms with Crippen molar-refractivity contribution < 1.29 is 14.3 Å². The molecule has 1 amide bonds. The number of rotatable bonds is 1. The van der Waals surface area contributed by atoms with Crippen molar-refractivity contribution in [2.75, 3.05) is 26.2 Å². The van der Waals surface area contributed by atoms with Gasteiger partial charge in [-0.2, -0.15) is 0 Å². The van der Waals surface area contributed by atoms with E-state index in [1.165, 1.54) is 16.7 Å². The smallest absolute Gasteiger partial charge is 0.410 e. The molecule has 2 fully saturated rings. The number of nitrogens with zero attached hydrogens (tertiary/aromatic N) is 1. The van der Waals surface area contributed by atoms with Crippen LogP contribution in [-0.2, 0) is 9.47 Å². The van der Waals surface area contributed by atoms with Gasteiger partial charge in [0, 0.05) is 13.1 Å². The van der Waals surface area contributed by atoms with Gasteiger partial charge in [-0.25, -0.2) is 4.79 Å². The van der Waals surface area contributed by atoms with Gasteiger partial charge in [-0.3, -0.25) is 0 Å². The standard InChI is InChI=1S/C20H30N2O3/c1-14-10-15(2)12-16(11-14)17-20(24-9-7-21-17)6-8-22(13-20)18(23)25-19(3,4)5/h10-12,17,21H,6-9,13H2,1-5H3. The third kappa shape index (κ3) is 3.98. The van der Waals surface area contributed by atoms with E-state index in [1.807, 2.05) is 20.8 Å². The molecule has 2 unspecified atom stereocenters. The number of benzene rings is 1. The van der Waals surface area contributed by atoms with Crippen molar-refractivity contribution in [3.05, 3.63) is 34.9 Å². The van der Waals surface area contributed by atoms with Gasteiger partial charge in [0.25, 0.3) is 0 Å². The molecule has 0 radical (unpaired) electrons. The van der Waals surface area contributed by atoms with Gasteiger partial charge in [-0.05, 0) is 46.6 Å². The monoisotopic (exact) mass is 346 g/mol. The largest absolute Gasteiger partial charge is 0.444 e. The van der Waals surface area contributed by atoms with Gasteiger partial charge in [0.2, 0.25) is 0 Å². The highest BCUT2D eigenvalue weighted by Gasteiger charge is 2.49. The molecule has 2 atom stereocenters. The van der Waals surface area contributed by atoms with Gasteiger partial charge in [0.05, 0.1) is 19.2 Å². The molecule has 0 bridgehead atoms. The van der Waals surface area contributed by atoms with Gasteiger partial charge in [-0.15, -0.1) is 0 Å². The molecule has 2 heterocycles. The Morgan fingerprint density at radius 2 is 1.96 bits per heavy atom. The van der Waals surface area contributed by atoms with Crippen LogP contribution < -0.4 is 5.32 Å². The molecular formula is C20H30N2O3. The highest BCUT2D eigenvalue weighted by Crippen LogP contribution is 2.40. The molecule has 1 aromatic rings. The fourth-order valence-electron chi connectivity index (χ4n) is 3.97. The fraction of sp³-hybridized carbons (Fsp3) is 0.650. The van der Waals surface area contributed by atoms with E-state index in [2.05, 4.69) is 37.4 Å². The van der Waals surface area contributed by atoms with E-state index in [0.29, 0.717) is 19.7 Å². The number of aryl methyl sites for hydroxylation is 2. The number of hydrogen-bond donors (Lipinski definition) is 1. The molecule has 5 heteroatoms. The van der Waals surface area contributed by atoms with Crippen molar-refractivity contribution in [1.29, 1.82) is 0 Å². The lowest BCUT2D eigenvalue weighted by Crippen LogP contribution is -2.54. The lowest BCUT2D eigenvalue weighted by Gasteiger charge is -2.42. The molecule has 2 aliphatic rings. The number of hydrogen-bond acceptors (Lipinski definition) is 4. The zero-order chi connectivity index (χ0) is 18.2. The minimum Gasteiger partial charge on any atom is -0.444 e. The summed E-state index contributed by atoms with van der Waals surface area (Å²) in [6.45, 7) is 12.7. The van der Waals surface area contributed by atoms with Crippen molar-refractivity contribution >= 4 is 6.09 Å². The first-order valence-corrected chi connectivity index (χ1v) is 9.12. The van der Waals surface area contributed by atoms with E-state index in [9.17, 15) is 4.79 Å². The van der Waals surface area contributed by atoms with Crippen LogP contribution in [0.1, 0.15) is 49.9 Å². The second kappa shape index (κ2) is 6.61. The zero-order valence-corrected chi connectivity index (χ0v) is 16.0. The molecule has 2 aliphatic heterocycles. The van der Waals surface area contributed by atoms with Crippen LogP contribution in [0.15, 0.2) is 18.2 Å². The first-order chi connectivity index (χ1) is 11.7. The lowest BCUT2D eigenvalue weighted by molar-refractivity contribution is -0.0902. The van der Waals surface area contributed by atoms with Crippen LogP contribution in [0.25, 0.3) is 0 Å². The Labute approximate surface area is 150 Å². The highest BCUT2D eigenvalue weighted by molar-refractivity contribution is 5.68. The van der Waals surface area contributed by atoms with E-state index in [-0.39, 0.29) is 17.7 Å². The zero-order valence-electron chi connectivity index (χ0n) is 16.0. The van der Waals surface area contributed by atoms with Gasteiger partial charge in [0.1, 0.15) is 11.2 Å². The third-order valence-corrected chi connectivity index (χ3v) is 4.86. The molecule has 1 spiro atoms. The second-order valence-electron chi connectivity index (χ2n) is 8.37. The summed E-state index contributed by atoms with van der Waals surface area (Å²) >= 11 is 0. The van der Waals surface area contributed by atoms with Crippen molar-refractivity contribution in [1.82, 2.24) is 10.2 Å². The molecule has 1 aromatic carbocycles. The Morgan fingerprint density at radius 3 is 2.60 bits per heavy atom. The summed E-state index contributed by atoms with van der Waals surface area (Å²) in [5.41, 5.74) is 2.88. The van der Waals surface area contributed by atoms with Crippen LogP contribution in [0.4, 0.5) is 4.79 Å². The molecule has 0 aromatic heterocycles. The minimum absolute atomic E-state index is 0.0901. The van der Waals surface area contributed by atoms with Crippen LogP contribution in [0, 0.1) is 13.8 Å². The molecule has 138 valence electrons. The Kier molecular flexibility index (Phi) is 4.82. The SMILES string of the molecule is Cc1cc(C)cc(C2NCCOC23CCN(C(=O)OC(C)(C)C)C3)c1. The van der Waals surface area contributed by atoms with Gasteiger partial charge < -0.3 is 19.7 Å². The number of carbonyl (C=O) groups is 1. The number of likely N-dealkylation sites (tertiary alicyclic amines) is 1. The molecule has 3 rings (SSSR count). The quantitative estimate of drug-likeness (QED) is 0.847. The molecule has 5 nitrogen and oxygen atoms in total. The molecule has 25 heavy (non-hydrogen) atoms. The maximum Gasteiger partial charge on any atom is 0.410 e. The second-order valence-corrected chi connectivity index (χ2v) is 8.37. The van der Waals surface area contributed by atoms with Crippen LogP contribution in [0.5, 0.6) is 0 Å². The van der Waals surface area contributed by atoms with Gasteiger partial charge >= 0.3 is 6.09 Å². The van der Waals surface area contributed by atoms with Crippen LogP contribution in [0.3, 0.4) is 0 Å². The molecule has 0 saturated carbocycles. The number of nitrogens with one attached hydrogen (secondary N) is 1. The Hall–Kier alpha value is -1.59. The lowest BCUT2D eigenvalue weighted by atomic mass is 9.85. The van der Waals surface area contributed by atoms with E-state index in [1.54, 1.807) is 4.90 Å². The van der Waals surface area contributed by atoms with Crippen LogP contribution in [0.2, 0.25) is 0 Å². The molecule has 0 aliphatic carbocycles. The summed E-state index contributed by atoms with van der Waals surface area (Å²) in [5, 5.41) is 3.63. The summed E-state index contributed by atoms with van der Waals surface area (Å²) < 4.78 is 11.8. The Bertz CT molecular complexity index is 633. The maximum absolute atomic E-state index is 12.5. The van der Waals surface area contributed by atoms with E-state index >= 15 is 0 Å². The van der Waals surface area contributed by atoms with Crippen molar-refractivity contribution in [3.8, 4) is 0 Å². The van der Waals surface area contributed by atoms with Crippen LogP contribution in [-0.4, -0.2) is 48.4 Å². The first kappa shape index (κ1) is 18.2. The predicted molar refractivity (Wildman–Crippen MR) is 97.8 cm³/mol. The van der Waals surface area contributed by atoms with Crippen molar-refractivity contribution in [2.24, 2.45) is 0 Å². The average molecular weight is 346 g/mol. The first-order valence-electron chi connectivity index (χ1n) is 9.12. The molecule has 2 saturated heterocycles. The molecular weight excluding hydrogens is 316 g/mol. The maximum atomic E-state index is 12.5. The number of amides is 1. The van der Waals surface area contributed by atoms with E-state index in [4.69, 9.17) is 9.47 Å². The third-order valence-electron chi connectivity index (χ3n) is 4.86. The number of ether oxygens (including phenoxy) is 2. The number of carbonyl (C=O) groups excluding carboxylic acids is 1. The van der Waals surface area contributed by atoms with E-state index < -0.39 is 5.60 Å². The Balaban J connectivity index is 1.82. The minimum atomic E-state index is -0.481. The topological polar surface area (TPSA) is 50.8 Å². The fourth-order valence-corrected chi connectivity index (χ4v) is 3.97. The summed E-state index contributed by atoms with van der Waals surface area (Å²) in [5.74, 6) is 0. The van der Waals surface area contributed by atoms with Crippen LogP contribution >= 0.6 is 0 Å². The summed E-state index contributed by atoms with van der Waals surface area (Å²) in [4.78, 5) is 14.3. The predicted octanol–water partition coefficient (Wildman–Crippen LogP) is 3.34. The molecule has 1 N–H and O–H groups in total. The van der Waals surface area contributed by atoms with Gasteiger partial charge in [-0.1, -0.05) is 29.3 Å². The summed E-state index contributed by atoms with van der Waals surface area (Å²) in [6.07, 6.45) is 0.564. The average Bonchev–Trinajstić information content (AvgIpc) is 2.89. The van der Waals surface area contributed by atoms with Crippen molar-refractivity contribution in [3.63, 3.8) is 0 Å². The summed E-state index contributed by atoms with van der Waals surface area (Å²) in [6, 6.07) is 6.71. The highest BCUT2D eigenvalue weighted by atomic mass is 16.6. The Morgan fingerprint density at radius 1 is 1.28 bits per heavy atom. The normalized spacial score (nSPS) is 26.9. The summed E-state index contributed by atoms with van der Waals surface area (Å²) in [7, 11) is 0. The number of morpholine rings is 1.